The number of ether oxygens (including phenoxy) is 1. The van der Waals surface area contributed by atoms with Crippen molar-refractivity contribution in [3.8, 4) is 5.75 Å². The predicted octanol–water partition coefficient (Wildman–Crippen LogP) is 1.22. The summed E-state index contributed by atoms with van der Waals surface area (Å²) in [4.78, 5) is 13.5. The molecule has 1 atom stereocenters. The van der Waals surface area contributed by atoms with Gasteiger partial charge in [-0.25, -0.2) is 12.7 Å². The van der Waals surface area contributed by atoms with E-state index in [-0.39, 0.29) is 23.1 Å². The summed E-state index contributed by atoms with van der Waals surface area (Å²) in [7, 11) is 2.57. The quantitative estimate of drug-likeness (QED) is 0.673. The summed E-state index contributed by atoms with van der Waals surface area (Å²) < 4.78 is 31.3. The van der Waals surface area contributed by atoms with Crippen LogP contribution in [-0.2, 0) is 21.4 Å². The summed E-state index contributed by atoms with van der Waals surface area (Å²) in [6.45, 7) is 5.11. The third kappa shape index (κ3) is 5.79. The Balaban J connectivity index is 2.10. The van der Waals surface area contributed by atoms with Crippen molar-refractivity contribution in [3.63, 3.8) is 0 Å². The van der Waals surface area contributed by atoms with Crippen molar-refractivity contribution in [1.82, 2.24) is 4.31 Å². The van der Waals surface area contributed by atoms with Gasteiger partial charge in [0.25, 0.3) is 5.91 Å². The number of aryl methyl sites for hydroxylation is 2. The van der Waals surface area contributed by atoms with Crippen molar-refractivity contribution in [2.45, 2.75) is 25.3 Å². The molecule has 0 aliphatic heterocycles. The van der Waals surface area contributed by atoms with E-state index in [0.29, 0.717) is 5.69 Å². The highest BCUT2D eigenvalue weighted by Crippen LogP contribution is 2.28. The topological polar surface area (TPSA) is 80.1 Å². The molecule has 0 saturated heterocycles. The molecule has 2 aromatic carbocycles. The number of nitrogens with one attached hydrogen (secondary N) is 2. The second kappa shape index (κ2) is 9.39. The van der Waals surface area contributed by atoms with Crippen LogP contribution in [-0.4, -0.2) is 53.4 Å². The summed E-state index contributed by atoms with van der Waals surface area (Å²) >= 11 is 0. The minimum Gasteiger partial charge on any atom is -0.495 e. The normalized spacial score (nSPS) is 12.7. The number of methoxy groups -OCH3 is 1. The van der Waals surface area contributed by atoms with Gasteiger partial charge < -0.3 is 15.0 Å². The fourth-order valence-electron chi connectivity index (χ4n) is 3.06. The van der Waals surface area contributed by atoms with Crippen molar-refractivity contribution in [2.75, 3.05) is 40.1 Å². The van der Waals surface area contributed by atoms with Crippen molar-refractivity contribution < 1.29 is 22.8 Å². The van der Waals surface area contributed by atoms with Gasteiger partial charge in [0.2, 0.25) is 10.0 Å². The van der Waals surface area contributed by atoms with E-state index in [1.54, 1.807) is 6.07 Å². The van der Waals surface area contributed by atoms with Gasteiger partial charge in [0.05, 0.1) is 14.2 Å². The number of rotatable bonds is 8. The maximum Gasteiger partial charge on any atom is 0.279 e. The molecule has 158 valence electrons. The molecule has 0 spiro atoms. The molecule has 1 amide bonds. The van der Waals surface area contributed by atoms with Crippen LogP contribution < -0.4 is 15.0 Å². The van der Waals surface area contributed by atoms with Crippen LogP contribution in [0.3, 0.4) is 0 Å². The van der Waals surface area contributed by atoms with Crippen LogP contribution in [0.5, 0.6) is 5.75 Å². The fourth-order valence-corrected chi connectivity index (χ4v) is 4.14. The molecule has 0 aliphatic carbocycles. The van der Waals surface area contributed by atoms with Crippen LogP contribution in [0.1, 0.15) is 16.7 Å². The van der Waals surface area contributed by atoms with E-state index in [0.717, 1.165) is 15.7 Å². The molecule has 0 saturated carbocycles. The van der Waals surface area contributed by atoms with Crippen molar-refractivity contribution in [2.24, 2.45) is 0 Å². The van der Waals surface area contributed by atoms with E-state index < -0.39 is 10.0 Å². The number of quaternary nitrogens is 1. The molecule has 0 fully saturated rings. The van der Waals surface area contributed by atoms with E-state index in [9.17, 15) is 13.2 Å². The highest BCUT2D eigenvalue weighted by atomic mass is 32.2. The minimum atomic E-state index is -3.70. The number of carbonyl (C=O) groups excluding carboxylic acids is 1. The van der Waals surface area contributed by atoms with Crippen LogP contribution in [0, 0.1) is 13.8 Å². The van der Waals surface area contributed by atoms with Gasteiger partial charge in [-0.1, -0.05) is 23.8 Å². The molecule has 0 radical (unpaired) electrons. The lowest BCUT2D eigenvalue weighted by atomic mass is 10.1. The van der Waals surface area contributed by atoms with E-state index in [1.807, 2.05) is 7.05 Å². The van der Waals surface area contributed by atoms with Crippen molar-refractivity contribution >= 4 is 21.6 Å². The molecule has 1 unspecified atom stereocenters. The second-order valence-electron chi connectivity index (χ2n) is 7.44. The molecule has 0 bridgehead atoms. The molecule has 0 heterocycles. The summed E-state index contributed by atoms with van der Waals surface area (Å²) in [5.74, 6) is 0.0416. The third-order valence-electron chi connectivity index (χ3n) is 4.66. The van der Waals surface area contributed by atoms with E-state index in [1.165, 1.54) is 50.0 Å². The Bertz CT molecular complexity index is 987. The fraction of sp³-hybridized carbons (Fsp3) is 0.381. The van der Waals surface area contributed by atoms with Gasteiger partial charge in [-0.2, -0.15) is 0 Å². The van der Waals surface area contributed by atoms with E-state index >= 15 is 0 Å². The van der Waals surface area contributed by atoms with Gasteiger partial charge in [0, 0.05) is 25.3 Å². The summed E-state index contributed by atoms with van der Waals surface area (Å²) in [5.41, 5.74) is 4.03. The maximum atomic E-state index is 12.5. The number of nitrogens with zero attached hydrogens (tertiary/aromatic N) is 1. The lowest BCUT2D eigenvalue weighted by Crippen LogP contribution is -3.08. The zero-order valence-corrected chi connectivity index (χ0v) is 18.7. The first kappa shape index (κ1) is 22.9. The standard InChI is InChI=1S/C21H29N3O4S/c1-15-7-8-17(16(2)11-15)13-24(5)14-21(25)22-18-9-10-19(28-6)20(12-18)29(26,27)23(3)4/h7-12H,13-14H2,1-6H3,(H,22,25)/p+1. The van der Waals surface area contributed by atoms with Crippen LogP contribution >= 0.6 is 0 Å². The smallest absolute Gasteiger partial charge is 0.279 e. The highest BCUT2D eigenvalue weighted by molar-refractivity contribution is 7.89. The van der Waals surface area contributed by atoms with Crippen molar-refractivity contribution in [1.29, 1.82) is 0 Å². The lowest BCUT2D eigenvalue weighted by Gasteiger charge is -2.17. The molecule has 2 N–H and O–H groups in total. The number of anilines is 1. The Morgan fingerprint density at radius 3 is 2.41 bits per heavy atom. The van der Waals surface area contributed by atoms with Crippen LogP contribution in [0.25, 0.3) is 0 Å². The Morgan fingerprint density at radius 2 is 1.83 bits per heavy atom. The van der Waals surface area contributed by atoms with Crippen LogP contribution in [0.4, 0.5) is 5.69 Å². The number of carbonyl (C=O) groups is 1. The predicted molar refractivity (Wildman–Crippen MR) is 114 cm³/mol. The van der Waals surface area contributed by atoms with Gasteiger partial charge in [-0.3, -0.25) is 4.79 Å². The molecule has 7 nitrogen and oxygen atoms in total. The molecular weight excluding hydrogens is 390 g/mol. The third-order valence-corrected chi connectivity index (χ3v) is 6.49. The average molecular weight is 421 g/mol. The first-order chi connectivity index (χ1) is 13.5. The Labute approximate surface area is 173 Å². The molecule has 2 aromatic rings. The van der Waals surface area contributed by atoms with Gasteiger partial charge in [0.1, 0.15) is 17.2 Å². The largest absolute Gasteiger partial charge is 0.495 e. The molecule has 29 heavy (non-hydrogen) atoms. The maximum absolute atomic E-state index is 12.5. The number of hydrogen-bond acceptors (Lipinski definition) is 4. The van der Waals surface area contributed by atoms with Crippen LogP contribution in [0.15, 0.2) is 41.3 Å². The molecule has 0 aromatic heterocycles. The van der Waals surface area contributed by atoms with Gasteiger partial charge in [-0.15, -0.1) is 0 Å². The Morgan fingerprint density at radius 1 is 1.14 bits per heavy atom. The summed E-state index contributed by atoms with van der Waals surface area (Å²) in [5, 5.41) is 2.79. The summed E-state index contributed by atoms with van der Waals surface area (Å²) in [6, 6.07) is 10.9. The number of sulfonamides is 1. The monoisotopic (exact) mass is 420 g/mol. The first-order valence-corrected chi connectivity index (χ1v) is 10.8. The molecule has 0 aliphatic rings. The van der Waals surface area contributed by atoms with Gasteiger partial charge in [0.15, 0.2) is 6.54 Å². The Hall–Kier alpha value is -2.42. The van der Waals surface area contributed by atoms with Gasteiger partial charge >= 0.3 is 0 Å². The zero-order chi connectivity index (χ0) is 21.8. The second-order valence-corrected chi connectivity index (χ2v) is 9.56. The number of hydrogen-bond donors (Lipinski definition) is 2. The number of likely N-dealkylation sites (N-methyl/N-ethyl adjacent to an activating group) is 1. The molecule has 2 rings (SSSR count). The van der Waals surface area contributed by atoms with Crippen LogP contribution in [0.2, 0.25) is 0 Å². The lowest BCUT2D eigenvalue weighted by molar-refractivity contribution is -0.885. The molecule has 8 heteroatoms. The SMILES string of the molecule is COc1ccc(NC(=O)C[NH+](C)Cc2ccc(C)cc2C)cc1S(=O)(=O)N(C)C. The Kier molecular flexibility index (Phi) is 7.40. The van der Waals surface area contributed by atoms with Gasteiger partial charge in [-0.05, 0) is 37.6 Å². The number of benzene rings is 2. The highest BCUT2D eigenvalue weighted by Gasteiger charge is 2.23. The van der Waals surface area contributed by atoms with E-state index in [2.05, 4.69) is 37.4 Å². The van der Waals surface area contributed by atoms with Crippen molar-refractivity contribution in [3.05, 3.63) is 53.1 Å². The van der Waals surface area contributed by atoms with E-state index in [4.69, 9.17) is 4.74 Å². The summed E-state index contributed by atoms with van der Waals surface area (Å²) in [6.07, 6.45) is 0. The molecular formula is C21H30N3O4S+. The zero-order valence-electron chi connectivity index (χ0n) is 17.9. The number of amides is 1. The average Bonchev–Trinajstić information content (AvgIpc) is 2.63. The first-order valence-electron chi connectivity index (χ1n) is 9.32. The minimum absolute atomic E-state index is 0.0128.